The lowest BCUT2D eigenvalue weighted by atomic mass is 10.0. The van der Waals surface area contributed by atoms with Crippen LogP contribution in [0.1, 0.15) is 52.5 Å². The molecule has 0 aliphatic rings. The number of furan rings is 1. The van der Waals surface area contributed by atoms with E-state index in [2.05, 4.69) is 92.4 Å². The Morgan fingerprint density at radius 1 is 1.03 bits per heavy atom. The highest BCUT2D eigenvalue weighted by Gasteiger charge is 2.27. The van der Waals surface area contributed by atoms with E-state index in [1.54, 1.807) is 17.6 Å². The molecular weight excluding hydrogens is 486 g/mol. The summed E-state index contributed by atoms with van der Waals surface area (Å²) >= 11 is 1.75. The van der Waals surface area contributed by atoms with Gasteiger partial charge in [-0.25, -0.2) is 4.68 Å². The number of aryl methyl sites for hydroxylation is 2. The summed E-state index contributed by atoms with van der Waals surface area (Å²) < 4.78 is 9.25. The van der Waals surface area contributed by atoms with Gasteiger partial charge < -0.3 is 4.42 Å². The van der Waals surface area contributed by atoms with Crippen LogP contribution in [0, 0.1) is 13.8 Å². The summed E-state index contributed by atoms with van der Waals surface area (Å²) in [6.07, 6.45) is 2.50. The summed E-state index contributed by atoms with van der Waals surface area (Å²) in [4.78, 5) is 3.68. The number of nitrogens with zero attached hydrogens (tertiary/aromatic N) is 9. The van der Waals surface area contributed by atoms with Crippen molar-refractivity contribution in [2.24, 2.45) is 0 Å². The predicted molar refractivity (Wildman–Crippen MR) is 140 cm³/mol. The molecule has 0 N–H and O–H groups in total. The molecule has 0 fully saturated rings. The van der Waals surface area contributed by atoms with Crippen molar-refractivity contribution in [3.05, 3.63) is 87.3 Å². The number of fused-ring (bicyclic) bond motifs is 3. The van der Waals surface area contributed by atoms with Crippen LogP contribution < -0.4 is 0 Å². The normalized spacial score (nSPS) is 12.8. The van der Waals surface area contributed by atoms with E-state index < -0.39 is 0 Å². The van der Waals surface area contributed by atoms with Crippen molar-refractivity contribution in [3.63, 3.8) is 0 Å². The molecule has 5 aromatic heterocycles. The molecule has 1 aromatic carbocycles. The Kier molecular flexibility index (Phi) is 6.23. The Labute approximate surface area is 217 Å². The van der Waals surface area contributed by atoms with Gasteiger partial charge in [0, 0.05) is 28.9 Å². The molecule has 0 amide bonds. The molecule has 5 heterocycles. The van der Waals surface area contributed by atoms with Crippen molar-refractivity contribution < 1.29 is 4.42 Å². The summed E-state index contributed by atoms with van der Waals surface area (Å²) in [6, 6.07) is 14.6. The van der Waals surface area contributed by atoms with E-state index in [-0.39, 0.29) is 6.04 Å². The van der Waals surface area contributed by atoms with Crippen molar-refractivity contribution in [1.29, 1.82) is 0 Å². The lowest BCUT2D eigenvalue weighted by Gasteiger charge is -2.30. The molecule has 0 saturated heterocycles. The fraction of sp³-hybridized carbons (Fsp3) is 0.308. The standard InChI is InChI=1S/C26H27N9OS/c1-4-23(26-28-29-31-34(26)15-20-7-5-9-36-20)33(16-21-8-6-10-37-21)14-19-13-22-18(3)11-17(2)12-24(22)35-25(19)27-30-32-35/h5-13,23H,4,14-16H2,1-3H3. The third-order valence-electron chi connectivity index (χ3n) is 6.70. The SMILES string of the molecule is CCC(c1nnnn1Cc1ccco1)N(Cc1cccs1)Cc1cc2c(C)cc(C)cc2n2nnnc12. The molecular formula is C26H27N9OS. The van der Waals surface area contributed by atoms with Gasteiger partial charge in [0.1, 0.15) is 12.3 Å². The lowest BCUT2D eigenvalue weighted by molar-refractivity contribution is 0.163. The molecule has 1 unspecified atom stereocenters. The molecule has 37 heavy (non-hydrogen) atoms. The van der Waals surface area contributed by atoms with Gasteiger partial charge in [0.2, 0.25) is 0 Å². The fourth-order valence-electron chi connectivity index (χ4n) is 5.04. The number of rotatable bonds is 9. The first kappa shape index (κ1) is 23.4. The predicted octanol–water partition coefficient (Wildman–Crippen LogP) is 4.74. The van der Waals surface area contributed by atoms with Crippen molar-refractivity contribution in [2.45, 2.75) is 52.9 Å². The number of tetrazole rings is 2. The van der Waals surface area contributed by atoms with Gasteiger partial charge in [0.05, 0.1) is 17.8 Å². The monoisotopic (exact) mass is 513 g/mol. The highest BCUT2D eigenvalue weighted by atomic mass is 32.1. The molecule has 10 nitrogen and oxygen atoms in total. The Morgan fingerprint density at radius 2 is 1.92 bits per heavy atom. The van der Waals surface area contributed by atoms with Gasteiger partial charge in [-0.3, -0.25) is 4.90 Å². The maximum atomic E-state index is 5.56. The average Bonchev–Trinajstić information content (AvgIpc) is 3.69. The van der Waals surface area contributed by atoms with Gasteiger partial charge in [-0.1, -0.05) is 19.1 Å². The molecule has 0 bridgehead atoms. The van der Waals surface area contributed by atoms with Crippen LogP contribution in [0.2, 0.25) is 0 Å². The molecule has 6 aromatic rings. The average molecular weight is 514 g/mol. The van der Waals surface area contributed by atoms with Gasteiger partial charge in [-0.2, -0.15) is 4.52 Å². The summed E-state index contributed by atoms with van der Waals surface area (Å²) in [5.41, 5.74) is 5.22. The van der Waals surface area contributed by atoms with Crippen LogP contribution in [0.15, 0.2) is 58.5 Å². The maximum absolute atomic E-state index is 5.56. The Balaban J connectivity index is 1.43. The maximum Gasteiger partial charge on any atom is 0.184 e. The minimum absolute atomic E-state index is 0.0298. The quantitative estimate of drug-likeness (QED) is 0.273. The summed E-state index contributed by atoms with van der Waals surface area (Å²) in [5.74, 6) is 1.61. The zero-order chi connectivity index (χ0) is 25.4. The van der Waals surface area contributed by atoms with Crippen molar-refractivity contribution in [1.82, 2.24) is 45.1 Å². The second-order valence-electron chi connectivity index (χ2n) is 9.28. The molecule has 1 atom stereocenters. The largest absolute Gasteiger partial charge is 0.467 e. The van der Waals surface area contributed by atoms with Crippen molar-refractivity contribution >= 4 is 27.9 Å². The molecule has 0 aliphatic heterocycles. The highest BCUT2D eigenvalue weighted by Crippen LogP contribution is 2.31. The van der Waals surface area contributed by atoms with Crippen LogP contribution in [0.4, 0.5) is 0 Å². The van der Waals surface area contributed by atoms with Crippen LogP contribution >= 0.6 is 11.3 Å². The molecule has 0 saturated carbocycles. The van der Waals surface area contributed by atoms with E-state index in [0.29, 0.717) is 13.1 Å². The van der Waals surface area contributed by atoms with Gasteiger partial charge in [0.15, 0.2) is 11.5 Å². The van der Waals surface area contributed by atoms with E-state index >= 15 is 0 Å². The number of pyridine rings is 1. The minimum Gasteiger partial charge on any atom is -0.467 e. The Hall–Kier alpha value is -3.96. The molecule has 0 radical (unpaired) electrons. The van der Waals surface area contributed by atoms with Crippen LogP contribution in [-0.4, -0.2) is 45.1 Å². The van der Waals surface area contributed by atoms with Crippen LogP contribution in [-0.2, 0) is 19.6 Å². The summed E-state index contributed by atoms with van der Waals surface area (Å²) in [6.45, 7) is 8.26. The minimum atomic E-state index is -0.0298. The van der Waals surface area contributed by atoms with Crippen molar-refractivity contribution in [3.8, 4) is 0 Å². The van der Waals surface area contributed by atoms with Crippen LogP contribution in [0.5, 0.6) is 0 Å². The second-order valence-corrected chi connectivity index (χ2v) is 10.3. The topological polar surface area (TPSA) is 103 Å². The Morgan fingerprint density at radius 3 is 2.70 bits per heavy atom. The number of hydrogen-bond acceptors (Lipinski definition) is 9. The number of benzene rings is 1. The molecule has 0 spiro atoms. The van der Waals surface area contributed by atoms with Crippen molar-refractivity contribution in [2.75, 3.05) is 0 Å². The molecule has 0 aliphatic carbocycles. The van der Waals surface area contributed by atoms with Gasteiger partial charge in [-0.05, 0) is 88.0 Å². The Bertz CT molecular complexity index is 1640. The van der Waals surface area contributed by atoms with Crippen LogP contribution in [0.3, 0.4) is 0 Å². The summed E-state index contributed by atoms with van der Waals surface area (Å²) in [5, 5.41) is 28.8. The number of hydrogen-bond donors (Lipinski definition) is 0. The zero-order valence-electron chi connectivity index (χ0n) is 20.9. The molecule has 11 heteroatoms. The van der Waals surface area contributed by atoms with Gasteiger partial charge in [-0.15, -0.1) is 21.5 Å². The first-order valence-electron chi connectivity index (χ1n) is 12.3. The van der Waals surface area contributed by atoms with E-state index in [4.69, 9.17) is 4.42 Å². The third-order valence-corrected chi connectivity index (χ3v) is 7.56. The van der Waals surface area contributed by atoms with Crippen LogP contribution in [0.25, 0.3) is 16.6 Å². The summed E-state index contributed by atoms with van der Waals surface area (Å²) in [7, 11) is 0. The number of thiophene rings is 1. The first-order valence-corrected chi connectivity index (χ1v) is 13.1. The van der Waals surface area contributed by atoms with E-state index in [1.165, 1.54) is 16.0 Å². The smallest absolute Gasteiger partial charge is 0.184 e. The van der Waals surface area contributed by atoms with E-state index in [1.807, 2.05) is 21.3 Å². The molecule has 188 valence electrons. The number of aromatic nitrogens is 8. The lowest BCUT2D eigenvalue weighted by Crippen LogP contribution is -2.30. The van der Waals surface area contributed by atoms with Gasteiger partial charge >= 0.3 is 0 Å². The third kappa shape index (κ3) is 4.51. The highest BCUT2D eigenvalue weighted by molar-refractivity contribution is 7.09. The van der Waals surface area contributed by atoms with E-state index in [9.17, 15) is 0 Å². The van der Waals surface area contributed by atoms with Gasteiger partial charge in [0.25, 0.3) is 0 Å². The molecule has 6 rings (SSSR count). The van der Waals surface area contributed by atoms with E-state index in [0.717, 1.165) is 46.7 Å². The first-order chi connectivity index (χ1) is 18.1. The fourth-order valence-corrected chi connectivity index (χ4v) is 5.77. The zero-order valence-corrected chi connectivity index (χ0v) is 21.8. The second kappa shape index (κ2) is 9.83.